The van der Waals surface area contributed by atoms with Crippen molar-refractivity contribution in [3.8, 4) is 5.75 Å². The van der Waals surface area contributed by atoms with Crippen LogP contribution in [-0.2, 0) is 0 Å². The average Bonchev–Trinajstić information content (AvgIpc) is 3.21. The van der Waals surface area contributed by atoms with Crippen molar-refractivity contribution in [3.05, 3.63) is 27.7 Å². The number of aryl methyl sites for hydroxylation is 1. The first-order valence-corrected chi connectivity index (χ1v) is 9.04. The van der Waals surface area contributed by atoms with Crippen molar-refractivity contribution >= 4 is 15.9 Å². The number of hydrogen-bond acceptors (Lipinski definition) is 2. The lowest BCUT2D eigenvalue weighted by atomic mass is 9.97. The molecule has 0 aromatic heterocycles. The molecular weight excluding hydrogens is 326 g/mol. The highest BCUT2D eigenvalue weighted by molar-refractivity contribution is 9.10. The maximum atomic E-state index is 5.68. The van der Waals surface area contributed by atoms with E-state index in [9.17, 15) is 0 Å². The van der Waals surface area contributed by atoms with Crippen LogP contribution in [0, 0.1) is 24.7 Å². The summed E-state index contributed by atoms with van der Waals surface area (Å²) >= 11 is 3.69. The van der Waals surface area contributed by atoms with E-state index < -0.39 is 0 Å². The van der Waals surface area contributed by atoms with Crippen LogP contribution in [0.1, 0.15) is 49.8 Å². The van der Waals surface area contributed by atoms with E-state index >= 15 is 0 Å². The summed E-state index contributed by atoms with van der Waals surface area (Å²) in [6.45, 7) is 5.33. The third kappa shape index (κ3) is 2.87. The monoisotopic (exact) mass is 351 g/mol. The molecule has 2 aliphatic rings. The van der Waals surface area contributed by atoms with Gasteiger partial charge in [0.05, 0.1) is 7.11 Å². The zero-order chi connectivity index (χ0) is 15.0. The van der Waals surface area contributed by atoms with Crippen molar-refractivity contribution in [2.24, 2.45) is 17.8 Å². The Hall–Kier alpha value is -0.540. The topological polar surface area (TPSA) is 21.3 Å². The summed E-state index contributed by atoms with van der Waals surface area (Å²) in [7, 11) is 1.79. The Morgan fingerprint density at radius 3 is 2.52 bits per heavy atom. The molecule has 3 unspecified atom stereocenters. The first-order chi connectivity index (χ1) is 10.2. The third-order valence-electron chi connectivity index (χ3n) is 5.38. The van der Waals surface area contributed by atoms with Crippen LogP contribution < -0.4 is 10.1 Å². The van der Waals surface area contributed by atoms with Gasteiger partial charge in [0.25, 0.3) is 0 Å². The van der Waals surface area contributed by atoms with Gasteiger partial charge in [-0.1, -0.05) is 35.7 Å². The van der Waals surface area contributed by atoms with E-state index in [-0.39, 0.29) is 0 Å². The molecule has 2 fully saturated rings. The van der Waals surface area contributed by atoms with Crippen LogP contribution in [0.25, 0.3) is 0 Å². The minimum atomic E-state index is 0.440. The summed E-state index contributed by atoms with van der Waals surface area (Å²) in [4.78, 5) is 0. The quantitative estimate of drug-likeness (QED) is 0.818. The second-order valence-electron chi connectivity index (χ2n) is 6.57. The van der Waals surface area contributed by atoms with E-state index in [1.807, 2.05) is 0 Å². The van der Waals surface area contributed by atoms with Gasteiger partial charge in [0.2, 0.25) is 0 Å². The lowest BCUT2D eigenvalue weighted by Crippen LogP contribution is -2.24. The average molecular weight is 352 g/mol. The van der Waals surface area contributed by atoms with Gasteiger partial charge >= 0.3 is 0 Å². The first kappa shape index (κ1) is 15.4. The third-order valence-corrected chi connectivity index (χ3v) is 6.23. The Morgan fingerprint density at radius 2 is 1.95 bits per heavy atom. The Labute approximate surface area is 136 Å². The van der Waals surface area contributed by atoms with Crippen molar-refractivity contribution in [1.29, 1.82) is 0 Å². The molecule has 3 atom stereocenters. The zero-order valence-corrected chi connectivity index (χ0v) is 14.9. The molecule has 2 nitrogen and oxygen atoms in total. The molecule has 116 valence electrons. The van der Waals surface area contributed by atoms with E-state index in [1.165, 1.54) is 41.3 Å². The summed E-state index contributed by atoms with van der Waals surface area (Å²) in [5.41, 5.74) is 2.57. The smallest absolute Gasteiger partial charge is 0.123 e. The molecule has 0 amide bonds. The van der Waals surface area contributed by atoms with E-state index in [4.69, 9.17) is 4.74 Å². The minimum absolute atomic E-state index is 0.440. The molecule has 0 aliphatic heterocycles. The Kier molecular flexibility index (Phi) is 4.60. The van der Waals surface area contributed by atoms with Crippen LogP contribution >= 0.6 is 15.9 Å². The van der Waals surface area contributed by atoms with Gasteiger partial charge < -0.3 is 10.1 Å². The summed E-state index contributed by atoms with van der Waals surface area (Å²) < 4.78 is 6.86. The second kappa shape index (κ2) is 6.29. The van der Waals surface area contributed by atoms with Crippen LogP contribution in [0.3, 0.4) is 0 Å². The molecule has 2 aliphatic carbocycles. The molecule has 0 spiro atoms. The molecule has 0 bridgehead atoms. The van der Waals surface area contributed by atoms with Gasteiger partial charge in [-0.2, -0.15) is 0 Å². The summed E-state index contributed by atoms with van der Waals surface area (Å²) in [5, 5.41) is 3.74. The molecule has 0 heterocycles. The number of hydrogen-bond donors (Lipinski definition) is 1. The van der Waals surface area contributed by atoms with Gasteiger partial charge in [0.15, 0.2) is 0 Å². The Bertz CT molecular complexity index is 504. The van der Waals surface area contributed by atoms with Gasteiger partial charge in [-0.25, -0.2) is 0 Å². The lowest BCUT2D eigenvalue weighted by molar-refractivity contribution is 0.385. The second-order valence-corrected chi connectivity index (χ2v) is 7.42. The number of halogens is 1. The largest absolute Gasteiger partial charge is 0.496 e. The summed E-state index contributed by atoms with van der Waals surface area (Å²) in [5.74, 6) is 3.71. The number of benzene rings is 1. The number of methoxy groups -OCH3 is 1. The van der Waals surface area contributed by atoms with E-state index in [2.05, 4.69) is 47.2 Å². The van der Waals surface area contributed by atoms with Crippen LogP contribution in [-0.4, -0.2) is 13.7 Å². The predicted molar refractivity (Wildman–Crippen MR) is 90.8 cm³/mol. The number of nitrogens with one attached hydrogen (secondary N) is 1. The van der Waals surface area contributed by atoms with Gasteiger partial charge in [0.1, 0.15) is 5.75 Å². The van der Waals surface area contributed by atoms with Gasteiger partial charge in [-0.3, -0.25) is 0 Å². The van der Waals surface area contributed by atoms with Crippen LogP contribution in [0.5, 0.6) is 5.75 Å². The standard InChI is InChI=1S/C18H26BrNO/c1-4-20-18(17-12-7-5-6-8-13(12)17)14-10-15(19)11(2)9-16(14)21-3/h9-10,12-13,17-18,20H,4-8H2,1-3H3. The fourth-order valence-corrected chi connectivity index (χ4v) is 4.67. The number of fused-ring (bicyclic) bond motifs is 1. The SMILES string of the molecule is CCNC(c1cc(Br)c(C)cc1OC)C1C2CCCCC21. The van der Waals surface area contributed by atoms with Crippen molar-refractivity contribution in [3.63, 3.8) is 0 Å². The van der Waals surface area contributed by atoms with Crippen molar-refractivity contribution in [2.45, 2.75) is 45.6 Å². The normalized spacial score (nSPS) is 28.9. The molecule has 21 heavy (non-hydrogen) atoms. The molecule has 1 N–H and O–H groups in total. The first-order valence-electron chi connectivity index (χ1n) is 8.24. The van der Waals surface area contributed by atoms with Gasteiger partial charge in [-0.15, -0.1) is 0 Å². The molecule has 0 saturated heterocycles. The molecule has 3 heteroatoms. The molecule has 3 rings (SSSR count). The van der Waals surface area contributed by atoms with Crippen LogP contribution in [0.2, 0.25) is 0 Å². The van der Waals surface area contributed by atoms with Gasteiger partial charge in [-0.05, 0) is 61.8 Å². The highest BCUT2D eigenvalue weighted by atomic mass is 79.9. The number of rotatable bonds is 5. The van der Waals surface area contributed by atoms with E-state index in [0.29, 0.717) is 6.04 Å². The maximum absolute atomic E-state index is 5.68. The van der Waals surface area contributed by atoms with Crippen molar-refractivity contribution in [1.82, 2.24) is 5.32 Å². The molecule has 0 radical (unpaired) electrons. The lowest BCUT2D eigenvalue weighted by Gasteiger charge is -2.22. The molecule has 1 aromatic carbocycles. The molecule has 1 aromatic rings. The van der Waals surface area contributed by atoms with Gasteiger partial charge in [0, 0.05) is 16.1 Å². The summed E-state index contributed by atoms with van der Waals surface area (Å²) in [6, 6.07) is 4.87. The highest BCUT2D eigenvalue weighted by Crippen LogP contribution is 2.61. The van der Waals surface area contributed by atoms with Crippen molar-refractivity contribution < 1.29 is 4.74 Å². The van der Waals surface area contributed by atoms with Crippen LogP contribution in [0.4, 0.5) is 0 Å². The van der Waals surface area contributed by atoms with E-state index in [1.54, 1.807) is 7.11 Å². The Balaban J connectivity index is 1.92. The fraction of sp³-hybridized carbons (Fsp3) is 0.667. The highest BCUT2D eigenvalue weighted by Gasteiger charge is 2.54. The maximum Gasteiger partial charge on any atom is 0.123 e. The minimum Gasteiger partial charge on any atom is -0.496 e. The predicted octanol–water partition coefficient (Wildman–Crippen LogP) is 4.85. The molecule has 2 saturated carbocycles. The van der Waals surface area contributed by atoms with Crippen molar-refractivity contribution in [2.75, 3.05) is 13.7 Å². The van der Waals surface area contributed by atoms with Crippen LogP contribution in [0.15, 0.2) is 16.6 Å². The number of ether oxygens (including phenoxy) is 1. The molecular formula is C18H26BrNO. The Morgan fingerprint density at radius 1 is 1.29 bits per heavy atom. The summed E-state index contributed by atoms with van der Waals surface area (Å²) in [6.07, 6.45) is 5.69. The van der Waals surface area contributed by atoms with E-state index in [0.717, 1.165) is 30.0 Å². The zero-order valence-electron chi connectivity index (χ0n) is 13.3. The fourth-order valence-electron chi connectivity index (χ4n) is 4.31.